The Hall–Kier alpha value is -1.95. The Morgan fingerprint density at radius 2 is 1.85 bits per heavy atom. The van der Waals surface area contributed by atoms with E-state index in [0.717, 1.165) is 61.4 Å². The molecule has 1 aliphatic heterocycles. The number of hydrogen-bond acceptors (Lipinski definition) is 4. The second-order valence-corrected chi connectivity index (χ2v) is 8.32. The number of anilines is 1. The van der Waals surface area contributed by atoms with Crippen molar-refractivity contribution in [2.75, 3.05) is 29.9 Å². The van der Waals surface area contributed by atoms with E-state index in [2.05, 4.69) is 5.32 Å². The molecule has 2 fully saturated rings. The van der Waals surface area contributed by atoms with Crippen molar-refractivity contribution >= 4 is 40.2 Å². The topological polar surface area (TPSA) is 62.6 Å². The number of nitrogens with one attached hydrogen (secondary N) is 1. The molecule has 0 atom stereocenters. The van der Waals surface area contributed by atoms with E-state index < -0.39 is 0 Å². The first-order valence-electron chi connectivity index (χ1n) is 9.42. The normalized spacial score (nSPS) is 18.8. The summed E-state index contributed by atoms with van der Waals surface area (Å²) in [5.41, 5.74) is 1.37. The first-order valence-corrected chi connectivity index (χ1v) is 10.6. The highest BCUT2D eigenvalue weighted by molar-refractivity contribution is 7.99. The van der Waals surface area contributed by atoms with Crippen LogP contribution in [0.15, 0.2) is 28.7 Å². The summed E-state index contributed by atoms with van der Waals surface area (Å²) in [5.74, 6) is 2.49. The van der Waals surface area contributed by atoms with Crippen molar-refractivity contribution in [3.63, 3.8) is 0 Å². The monoisotopic (exact) mass is 372 g/mol. The van der Waals surface area contributed by atoms with Crippen molar-refractivity contribution in [3.8, 4) is 0 Å². The highest BCUT2D eigenvalue weighted by Gasteiger charge is 2.23. The average molecular weight is 372 g/mol. The maximum absolute atomic E-state index is 12.6. The summed E-state index contributed by atoms with van der Waals surface area (Å²) < 4.78 is 5.80. The van der Waals surface area contributed by atoms with E-state index in [1.807, 2.05) is 34.9 Å². The Labute approximate surface area is 157 Å². The Balaban J connectivity index is 1.48. The minimum absolute atomic E-state index is 0.0470. The van der Waals surface area contributed by atoms with Gasteiger partial charge in [-0.2, -0.15) is 11.8 Å². The number of thioether (sulfide) groups is 1. The molecule has 1 saturated carbocycles. The van der Waals surface area contributed by atoms with Crippen LogP contribution in [0.25, 0.3) is 11.0 Å². The van der Waals surface area contributed by atoms with E-state index in [1.54, 1.807) is 6.07 Å². The molecule has 0 bridgehead atoms. The Morgan fingerprint density at radius 1 is 1.08 bits per heavy atom. The predicted molar refractivity (Wildman–Crippen MR) is 105 cm³/mol. The number of carbonyl (C=O) groups is 2. The smallest absolute Gasteiger partial charge is 0.289 e. The lowest BCUT2D eigenvalue weighted by atomic mass is 9.88. The summed E-state index contributed by atoms with van der Waals surface area (Å²) in [4.78, 5) is 26.9. The van der Waals surface area contributed by atoms with Gasteiger partial charge in [0.2, 0.25) is 5.91 Å². The fourth-order valence-corrected chi connectivity index (χ4v) is 4.65. The van der Waals surface area contributed by atoms with Gasteiger partial charge in [0.15, 0.2) is 5.76 Å². The molecule has 1 aliphatic carbocycles. The van der Waals surface area contributed by atoms with Crippen LogP contribution in [0.3, 0.4) is 0 Å². The van der Waals surface area contributed by atoms with Crippen molar-refractivity contribution in [2.24, 2.45) is 5.92 Å². The van der Waals surface area contributed by atoms with E-state index in [4.69, 9.17) is 4.42 Å². The third kappa shape index (κ3) is 3.75. The number of fused-ring (bicyclic) bond motifs is 1. The first-order chi connectivity index (χ1) is 12.7. The van der Waals surface area contributed by atoms with Gasteiger partial charge in [-0.15, -0.1) is 0 Å². The van der Waals surface area contributed by atoms with E-state index in [-0.39, 0.29) is 17.7 Å². The molecular formula is C20H24N2O3S. The molecule has 0 unspecified atom stereocenters. The minimum atomic E-state index is -0.0470. The van der Waals surface area contributed by atoms with Crippen LogP contribution in [0.1, 0.15) is 42.7 Å². The molecule has 2 aromatic rings. The summed E-state index contributed by atoms with van der Waals surface area (Å²) >= 11 is 1.87. The molecule has 0 spiro atoms. The quantitative estimate of drug-likeness (QED) is 0.879. The number of hydrogen-bond donors (Lipinski definition) is 1. The maximum atomic E-state index is 12.6. The lowest BCUT2D eigenvalue weighted by Crippen LogP contribution is -2.37. The average Bonchev–Trinajstić information content (AvgIpc) is 3.12. The van der Waals surface area contributed by atoms with Gasteiger partial charge in [0.05, 0.1) is 0 Å². The van der Waals surface area contributed by atoms with Gasteiger partial charge in [0.25, 0.3) is 5.91 Å². The molecule has 1 N–H and O–H groups in total. The largest absolute Gasteiger partial charge is 0.451 e. The van der Waals surface area contributed by atoms with Crippen LogP contribution in [-0.2, 0) is 4.79 Å². The number of benzene rings is 1. The summed E-state index contributed by atoms with van der Waals surface area (Å²) in [7, 11) is 0. The predicted octanol–water partition coefficient (Wildman–Crippen LogP) is 4.14. The van der Waals surface area contributed by atoms with Crippen LogP contribution in [-0.4, -0.2) is 41.3 Å². The van der Waals surface area contributed by atoms with E-state index in [1.165, 1.54) is 6.42 Å². The second-order valence-electron chi connectivity index (χ2n) is 7.09. The number of amides is 2. The number of nitrogens with zero attached hydrogens (tertiary/aromatic N) is 1. The maximum Gasteiger partial charge on any atom is 0.289 e. The zero-order valence-electron chi connectivity index (χ0n) is 14.8. The third-order valence-corrected chi connectivity index (χ3v) is 6.22. The Morgan fingerprint density at radius 3 is 2.62 bits per heavy atom. The zero-order valence-corrected chi connectivity index (χ0v) is 15.6. The summed E-state index contributed by atoms with van der Waals surface area (Å²) in [6.07, 6.45) is 5.45. The van der Waals surface area contributed by atoms with E-state index in [9.17, 15) is 9.59 Å². The van der Waals surface area contributed by atoms with Crippen molar-refractivity contribution in [1.29, 1.82) is 0 Å². The highest BCUT2D eigenvalue weighted by atomic mass is 32.2. The van der Waals surface area contributed by atoms with Gasteiger partial charge >= 0.3 is 0 Å². The van der Waals surface area contributed by atoms with Gasteiger partial charge in [0.1, 0.15) is 5.58 Å². The number of furan rings is 1. The van der Waals surface area contributed by atoms with Gasteiger partial charge in [0, 0.05) is 47.7 Å². The van der Waals surface area contributed by atoms with Crippen LogP contribution in [0, 0.1) is 5.92 Å². The van der Waals surface area contributed by atoms with Gasteiger partial charge in [-0.05, 0) is 31.0 Å². The van der Waals surface area contributed by atoms with Gasteiger partial charge < -0.3 is 14.6 Å². The molecule has 2 aliphatic rings. The Bertz CT molecular complexity index is 804. The molecular weight excluding hydrogens is 348 g/mol. The van der Waals surface area contributed by atoms with Crippen molar-refractivity contribution in [2.45, 2.75) is 32.1 Å². The van der Waals surface area contributed by atoms with E-state index >= 15 is 0 Å². The fourth-order valence-electron chi connectivity index (χ4n) is 3.75. The molecule has 0 radical (unpaired) electrons. The van der Waals surface area contributed by atoms with Gasteiger partial charge in [-0.1, -0.05) is 19.3 Å². The zero-order chi connectivity index (χ0) is 17.9. The molecule has 26 heavy (non-hydrogen) atoms. The molecule has 138 valence electrons. The van der Waals surface area contributed by atoms with Crippen LogP contribution < -0.4 is 5.32 Å². The van der Waals surface area contributed by atoms with Crippen LogP contribution in [0.5, 0.6) is 0 Å². The second kappa shape index (κ2) is 7.74. The van der Waals surface area contributed by atoms with Gasteiger partial charge in [-0.25, -0.2) is 0 Å². The summed E-state index contributed by atoms with van der Waals surface area (Å²) in [5, 5.41) is 3.89. The fraction of sp³-hybridized carbons (Fsp3) is 0.500. The molecule has 5 nitrogen and oxygen atoms in total. The lowest BCUT2D eigenvalue weighted by Gasteiger charge is -2.25. The standard InChI is InChI=1S/C20H24N2O3S/c23-19(14-4-2-1-3-5-14)21-16-7-6-15-12-18(25-17(15)13-16)20(24)22-8-10-26-11-9-22/h6-7,12-14H,1-5,8-11H2,(H,21,23). The molecule has 2 amide bonds. The number of rotatable bonds is 3. The summed E-state index contributed by atoms with van der Waals surface area (Å²) in [6.45, 7) is 1.53. The van der Waals surface area contributed by atoms with Crippen molar-refractivity contribution in [1.82, 2.24) is 4.90 Å². The third-order valence-electron chi connectivity index (χ3n) is 5.27. The van der Waals surface area contributed by atoms with Gasteiger partial charge in [-0.3, -0.25) is 9.59 Å². The number of carbonyl (C=O) groups excluding carboxylic acids is 2. The lowest BCUT2D eigenvalue weighted by molar-refractivity contribution is -0.120. The van der Waals surface area contributed by atoms with Crippen molar-refractivity contribution < 1.29 is 14.0 Å². The van der Waals surface area contributed by atoms with E-state index in [0.29, 0.717) is 11.3 Å². The Kier molecular flexibility index (Phi) is 5.20. The van der Waals surface area contributed by atoms with Crippen LogP contribution in [0.2, 0.25) is 0 Å². The first kappa shape index (κ1) is 17.5. The minimum Gasteiger partial charge on any atom is -0.451 e. The van der Waals surface area contributed by atoms with Crippen LogP contribution >= 0.6 is 11.8 Å². The SMILES string of the molecule is O=C(Nc1ccc2cc(C(=O)N3CCSCC3)oc2c1)C1CCCCC1. The molecule has 1 aromatic carbocycles. The molecule has 6 heteroatoms. The highest BCUT2D eigenvalue weighted by Crippen LogP contribution is 2.27. The molecule has 1 saturated heterocycles. The molecule has 4 rings (SSSR count). The van der Waals surface area contributed by atoms with Crippen molar-refractivity contribution in [3.05, 3.63) is 30.0 Å². The molecule has 1 aromatic heterocycles. The molecule has 2 heterocycles. The summed E-state index contributed by atoms with van der Waals surface area (Å²) in [6, 6.07) is 7.40. The van der Waals surface area contributed by atoms with Crippen LogP contribution in [0.4, 0.5) is 5.69 Å².